The third-order valence-corrected chi connectivity index (χ3v) is 4.65. The van der Waals surface area contributed by atoms with Crippen LogP contribution in [0.25, 0.3) is 0 Å². The first-order chi connectivity index (χ1) is 10.1. The molecule has 1 amide bonds. The average molecular weight is 291 g/mol. The van der Waals surface area contributed by atoms with E-state index in [2.05, 4.69) is 0 Å². The van der Waals surface area contributed by atoms with E-state index in [1.807, 2.05) is 6.07 Å². The predicted molar refractivity (Wildman–Crippen MR) is 74.0 cm³/mol. The second-order valence-electron chi connectivity index (χ2n) is 5.93. The molecule has 1 aromatic carbocycles. The molecule has 21 heavy (non-hydrogen) atoms. The van der Waals surface area contributed by atoms with E-state index < -0.39 is 11.9 Å². The molecule has 1 N–H and O–H groups in total. The van der Waals surface area contributed by atoms with Crippen LogP contribution in [0, 0.1) is 17.7 Å². The Hall–Kier alpha value is -1.91. The molecule has 112 valence electrons. The van der Waals surface area contributed by atoms with E-state index in [0.717, 1.165) is 5.56 Å². The maximum atomic E-state index is 13.7. The minimum Gasteiger partial charge on any atom is -0.481 e. The molecule has 0 saturated heterocycles. The molecule has 1 fully saturated rings. The summed E-state index contributed by atoms with van der Waals surface area (Å²) in [4.78, 5) is 25.2. The highest BCUT2D eigenvalue weighted by Gasteiger charge is 2.36. The number of carboxylic acid groups (broad SMARTS) is 1. The summed E-state index contributed by atoms with van der Waals surface area (Å²) in [5, 5.41) is 9.02. The average Bonchev–Trinajstić information content (AvgIpc) is 2.96. The number of carboxylic acids is 1. The van der Waals surface area contributed by atoms with E-state index in [1.54, 1.807) is 11.0 Å². The minimum atomic E-state index is -0.809. The van der Waals surface area contributed by atoms with Gasteiger partial charge in [0, 0.05) is 19.0 Å². The molecule has 0 unspecified atom stereocenters. The number of nitrogens with zero attached hydrogens (tertiary/aromatic N) is 1. The summed E-state index contributed by atoms with van der Waals surface area (Å²) in [5.74, 6) is -1.58. The van der Waals surface area contributed by atoms with Crippen molar-refractivity contribution >= 4 is 11.9 Å². The van der Waals surface area contributed by atoms with Gasteiger partial charge in [-0.2, -0.15) is 0 Å². The van der Waals surface area contributed by atoms with E-state index in [-0.39, 0.29) is 17.6 Å². The fourth-order valence-electron chi connectivity index (χ4n) is 3.44. The monoisotopic (exact) mass is 291 g/mol. The summed E-state index contributed by atoms with van der Waals surface area (Å²) in [6, 6.07) is 4.97. The number of hydrogen-bond donors (Lipinski definition) is 1. The number of benzene rings is 1. The van der Waals surface area contributed by atoms with Crippen LogP contribution in [0.5, 0.6) is 0 Å². The van der Waals surface area contributed by atoms with Gasteiger partial charge in [-0.25, -0.2) is 4.39 Å². The van der Waals surface area contributed by atoms with Gasteiger partial charge >= 0.3 is 5.97 Å². The lowest BCUT2D eigenvalue weighted by Crippen LogP contribution is -2.39. The molecule has 1 aromatic rings. The van der Waals surface area contributed by atoms with Crippen molar-refractivity contribution in [2.45, 2.75) is 32.2 Å². The van der Waals surface area contributed by atoms with E-state index in [9.17, 15) is 14.0 Å². The second kappa shape index (κ2) is 5.47. The van der Waals surface area contributed by atoms with E-state index in [4.69, 9.17) is 5.11 Å². The van der Waals surface area contributed by atoms with Crippen molar-refractivity contribution in [3.8, 4) is 0 Å². The van der Waals surface area contributed by atoms with Gasteiger partial charge in [-0.3, -0.25) is 9.59 Å². The SMILES string of the molecule is O=C(O)[C@@H]1CC[C@H](C(=O)N2CCc3c(F)cccc3C2)C1. The molecule has 2 atom stereocenters. The molecule has 3 rings (SSSR count). The number of carbonyl (C=O) groups is 2. The van der Waals surface area contributed by atoms with Gasteiger partial charge in [0.1, 0.15) is 5.82 Å². The molecule has 4 nitrogen and oxygen atoms in total. The molecular weight excluding hydrogens is 273 g/mol. The number of carbonyl (C=O) groups excluding carboxylic acids is 1. The molecule has 1 heterocycles. The summed E-state index contributed by atoms with van der Waals surface area (Å²) in [5.41, 5.74) is 1.57. The lowest BCUT2D eigenvalue weighted by molar-refractivity contribution is -0.141. The molecule has 1 saturated carbocycles. The van der Waals surface area contributed by atoms with Crippen LogP contribution in [0.1, 0.15) is 30.4 Å². The van der Waals surface area contributed by atoms with Gasteiger partial charge < -0.3 is 10.0 Å². The number of aliphatic carboxylic acids is 1. The van der Waals surface area contributed by atoms with Crippen LogP contribution in [0.2, 0.25) is 0 Å². The number of amides is 1. The molecule has 0 aromatic heterocycles. The van der Waals surface area contributed by atoms with E-state index in [0.29, 0.717) is 44.3 Å². The third kappa shape index (κ3) is 2.64. The molecule has 1 aliphatic heterocycles. The highest BCUT2D eigenvalue weighted by molar-refractivity contribution is 5.81. The Labute approximate surface area is 122 Å². The number of hydrogen-bond acceptors (Lipinski definition) is 2. The molecular formula is C16H18FNO3. The van der Waals surface area contributed by atoms with Gasteiger partial charge in [0.15, 0.2) is 0 Å². The van der Waals surface area contributed by atoms with Gasteiger partial charge in [0.05, 0.1) is 5.92 Å². The zero-order valence-corrected chi connectivity index (χ0v) is 11.7. The molecule has 0 radical (unpaired) electrons. The van der Waals surface area contributed by atoms with Gasteiger partial charge in [-0.15, -0.1) is 0 Å². The van der Waals surface area contributed by atoms with Crippen molar-refractivity contribution in [2.24, 2.45) is 11.8 Å². The quantitative estimate of drug-likeness (QED) is 0.909. The fraction of sp³-hybridized carbons (Fsp3) is 0.500. The molecule has 5 heteroatoms. The summed E-state index contributed by atoms with van der Waals surface area (Å²) in [7, 11) is 0. The van der Waals surface area contributed by atoms with Crippen LogP contribution in [-0.2, 0) is 22.6 Å². The lowest BCUT2D eigenvalue weighted by atomic mass is 9.97. The largest absolute Gasteiger partial charge is 0.481 e. The number of halogens is 1. The smallest absolute Gasteiger partial charge is 0.306 e. The lowest BCUT2D eigenvalue weighted by Gasteiger charge is -2.31. The van der Waals surface area contributed by atoms with Crippen molar-refractivity contribution in [2.75, 3.05) is 6.54 Å². The van der Waals surface area contributed by atoms with E-state index in [1.165, 1.54) is 6.07 Å². The second-order valence-corrected chi connectivity index (χ2v) is 5.93. The summed E-state index contributed by atoms with van der Waals surface area (Å²) in [6.07, 6.45) is 2.18. The number of fused-ring (bicyclic) bond motifs is 1. The van der Waals surface area contributed by atoms with Gasteiger partial charge in [-0.05, 0) is 42.9 Å². The standard InChI is InChI=1S/C16H18FNO3/c17-14-3-1-2-12-9-18(7-6-13(12)14)15(19)10-4-5-11(8-10)16(20)21/h1-3,10-11H,4-9H2,(H,20,21)/t10-,11+/m0/s1. The molecule has 0 bridgehead atoms. The Bertz CT molecular complexity index is 587. The summed E-state index contributed by atoms with van der Waals surface area (Å²) < 4.78 is 13.7. The van der Waals surface area contributed by atoms with Crippen LogP contribution in [0.15, 0.2) is 18.2 Å². The summed E-state index contributed by atoms with van der Waals surface area (Å²) in [6.45, 7) is 0.946. The van der Waals surface area contributed by atoms with Crippen LogP contribution >= 0.6 is 0 Å². The van der Waals surface area contributed by atoms with Crippen molar-refractivity contribution < 1.29 is 19.1 Å². The molecule has 1 aliphatic carbocycles. The minimum absolute atomic E-state index is 0.0219. The van der Waals surface area contributed by atoms with Crippen molar-refractivity contribution in [3.05, 3.63) is 35.1 Å². The first kappa shape index (κ1) is 14.0. The Kier molecular flexibility index (Phi) is 3.66. The maximum Gasteiger partial charge on any atom is 0.306 e. The fourth-order valence-corrected chi connectivity index (χ4v) is 3.44. The first-order valence-electron chi connectivity index (χ1n) is 7.34. The Balaban J connectivity index is 1.69. The van der Waals surface area contributed by atoms with Crippen LogP contribution < -0.4 is 0 Å². The highest BCUT2D eigenvalue weighted by atomic mass is 19.1. The third-order valence-electron chi connectivity index (χ3n) is 4.65. The van der Waals surface area contributed by atoms with Crippen molar-refractivity contribution in [1.82, 2.24) is 4.90 Å². The Morgan fingerprint density at radius 1 is 1.24 bits per heavy atom. The highest BCUT2D eigenvalue weighted by Crippen LogP contribution is 2.33. The number of rotatable bonds is 2. The van der Waals surface area contributed by atoms with Gasteiger partial charge in [-0.1, -0.05) is 12.1 Å². The van der Waals surface area contributed by atoms with Crippen LogP contribution in [0.3, 0.4) is 0 Å². The van der Waals surface area contributed by atoms with Crippen LogP contribution in [0.4, 0.5) is 4.39 Å². The Morgan fingerprint density at radius 2 is 2.00 bits per heavy atom. The first-order valence-corrected chi connectivity index (χ1v) is 7.34. The normalized spacial score (nSPS) is 24.7. The zero-order chi connectivity index (χ0) is 15.0. The Morgan fingerprint density at radius 3 is 2.71 bits per heavy atom. The van der Waals surface area contributed by atoms with Crippen molar-refractivity contribution in [1.29, 1.82) is 0 Å². The maximum absolute atomic E-state index is 13.7. The molecule has 2 aliphatic rings. The molecule has 0 spiro atoms. The van der Waals surface area contributed by atoms with Crippen LogP contribution in [-0.4, -0.2) is 28.4 Å². The zero-order valence-electron chi connectivity index (χ0n) is 11.7. The topological polar surface area (TPSA) is 57.6 Å². The van der Waals surface area contributed by atoms with E-state index >= 15 is 0 Å². The summed E-state index contributed by atoms with van der Waals surface area (Å²) >= 11 is 0. The predicted octanol–water partition coefficient (Wildman–Crippen LogP) is 2.21. The van der Waals surface area contributed by atoms with Crippen molar-refractivity contribution in [3.63, 3.8) is 0 Å². The van der Waals surface area contributed by atoms with Gasteiger partial charge in [0.2, 0.25) is 5.91 Å². The van der Waals surface area contributed by atoms with Gasteiger partial charge in [0.25, 0.3) is 0 Å².